The van der Waals surface area contributed by atoms with E-state index in [0.717, 1.165) is 11.3 Å². The number of fused-ring (bicyclic) bond motifs is 1. The van der Waals surface area contributed by atoms with Gasteiger partial charge in [0.1, 0.15) is 5.75 Å². The van der Waals surface area contributed by atoms with Gasteiger partial charge >= 0.3 is 0 Å². The van der Waals surface area contributed by atoms with E-state index < -0.39 is 0 Å². The fourth-order valence-electron chi connectivity index (χ4n) is 1.60. The van der Waals surface area contributed by atoms with Gasteiger partial charge in [0, 0.05) is 29.5 Å². The zero-order valence-electron chi connectivity index (χ0n) is 9.20. The number of likely N-dealkylation sites (N-methyl/N-ethyl adjacent to an activating group) is 1. The molecule has 2 amide bonds. The summed E-state index contributed by atoms with van der Waals surface area (Å²) in [5.74, 6) is 0.597. The molecule has 0 fully saturated rings. The maximum absolute atomic E-state index is 11.5. The summed E-state index contributed by atoms with van der Waals surface area (Å²) in [5, 5.41) is 2.63. The van der Waals surface area contributed by atoms with Gasteiger partial charge < -0.3 is 15.0 Å². The number of nitrogens with one attached hydrogen (secondary N) is 1. The van der Waals surface area contributed by atoms with Crippen LogP contribution >= 0.6 is 15.9 Å². The Balaban J connectivity index is 2.23. The molecule has 5 nitrogen and oxygen atoms in total. The number of carbonyl (C=O) groups excluding carboxylic acids is 2. The minimum atomic E-state index is -0.268. The molecule has 0 saturated carbocycles. The van der Waals surface area contributed by atoms with Crippen molar-refractivity contribution in [3.63, 3.8) is 0 Å². The van der Waals surface area contributed by atoms with E-state index in [2.05, 4.69) is 21.2 Å². The summed E-state index contributed by atoms with van der Waals surface area (Å²) in [6.07, 6.45) is 0. The van der Waals surface area contributed by atoms with Crippen molar-refractivity contribution < 1.29 is 14.3 Å². The first-order chi connectivity index (χ1) is 8.08. The lowest BCUT2D eigenvalue weighted by molar-refractivity contribution is -0.120. The molecule has 17 heavy (non-hydrogen) atoms. The van der Waals surface area contributed by atoms with Crippen LogP contribution in [-0.2, 0) is 11.3 Å². The summed E-state index contributed by atoms with van der Waals surface area (Å²) in [5.41, 5.74) is 1.63. The van der Waals surface area contributed by atoms with Crippen molar-refractivity contribution in [1.29, 1.82) is 0 Å². The Hall–Kier alpha value is -1.56. The fraction of sp³-hybridized carbons (Fsp3) is 0.273. The second-order valence-electron chi connectivity index (χ2n) is 3.67. The van der Waals surface area contributed by atoms with Gasteiger partial charge in [-0.05, 0) is 17.7 Å². The number of hydrogen-bond donors (Lipinski definition) is 1. The number of carbonyl (C=O) groups is 2. The van der Waals surface area contributed by atoms with Crippen LogP contribution in [0.5, 0.6) is 5.75 Å². The second kappa shape index (κ2) is 4.75. The Morgan fingerprint density at radius 1 is 1.59 bits per heavy atom. The Kier molecular flexibility index (Phi) is 3.33. The first-order valence-electron chi connectivity index (χ1n) is 5.03. The van der Waals surface area contributed by atoms with Gasteiger partial charge in [-0.25, -0.2) is 0 Å². The number of halogens is 1. The number of ether oxygens (including phenoxy) is 1. The van der Waals surface area contributed by atoms with Crippen molar-refractivity contribution in [2.24, 2.45) is 0 Å². The van der Waals surface area contributed by atoms with Gasteiger partial charge in [0.25, 0.3) is 10.7 Å². The Morgan fingerprint density at radius 2 is 2.35 bits per heavy atom. The summed E-state index contributed by atoms with van der Waals surface area (Å²) in [4.78, 5) is 23.5. The normalized spacial score (nSPS) is 14.0. The van der Waals surface area contributed by atoms with Crippen molar-refractivity contribution >= 4 is 32.3 Å². The van der Waals surface area contributed by atoms with Crippen LogP contribution in [-0.4, -0.2) is 24.4 Å². The van der Waals surface area contributed by atoms with E-state index in [9.17, 15) is 9.59 Å². The smallest absolute Gasteiger partial charge is 0.287 e. The number of anilines is 1. The van der Waals surface area contributed by atoms with Crippen molar-refractivity contribution in [1.82, 2.24) is 5.32 Å². The fourth-order valence-corrected chi connectivity index (χ4v) is 1.74. The topological polar surface area (TPSA) is 58.6 Å². The molecule has 0 radical (unpaired) electrons. The molecule has 1 N–H and O–H groups in total. The SMILES string of the molecule is CN1C(=O)COc2ccc(CNC(=O)Br)cc21. The van der Waals surface area contributed by atoms with Gasteiger partial charge in [0.15, 0.2) is 6.61 Å². The van der Waals surface area contributed by atoms with Crippen LogP contribution in [0.15, 0.2) is 18.2 Å². The molecule has 0 saturated heterocycles. The average molecular weight is 299 g/mol. The highest BCUT2D eigenvalue weighted by Crippen LogP contribution is 2.31. The van der Waals surface area contributed by atoms with Gasteiger partial charge in [0.05, 0.1) is 5.69 Å². The molecule has 90 valence electrons. The quantitative estimate of drug-likeness (QED) is 0.667. The molecule has 0 aliphatic carbocycles. The number of amides is 2. The van der Waals surface area contributed by atoms with E-state index in [0.29, 0.717) is 12.3 Å². The van der Waals surface area contributed by atoms with E-state index in [1.807, 2.05) is 12.1 Å². The van der Waals surface area contributed by atoms with Crippen LogP contribution in [0.1, 0.15) is 5.56 Å². The summed E-state index contributed by atoms with van der Waals surface area (Å²) >= 11 is 2.79. The molecular formula is C11H11BrN2O3. The molecule has 1 heterocycles. The van der Waals surface area contributed by atoms with Crippen LogP contribution < -0.4 is 15.0 Å². The van der Waals surface area contributed by atoms with E-state index in [-0.39, 0.29) is 17.3 Å². The molecule has 6 heteroatoms. The third-order valence-corrected chi connectivity index (χ3v) is 2.82. The van der Waals surface area contributed by atoms with Gasteiger partial charge in [-0.2, -0.15) is 0 Å². The third-order valence-electron chi connectivity index (χ3n) is 2.54. The largest absolute Gasteiger partial charge is 0.482 e. The molecule has 1 aliphatic rings. The van der Waals surface area contributed by atoms with Crippen molar-refractivity contribution in [3.05, 3.63) is 23.8 Å². The zero-order valence-corrected chi connectivity index (χ0v) is 10.8. The first-order valence-corrected chi connectivity index (χ1v) is 5.83. The zero-order chi connectivity index (χ0) is 12.4. The standard InChI is InChI=1S/C11H11BrN2O3/c1-14-8-4-7(5-13-11(12)16)2-3-9(8)17-6-10(14)15/h2-4H,5-6H2,1H3,(H,13,16). The van der Waals surface area contributed by atoms with Gasteiger partial charge in [-0.15, -0.1) is 0 Å². The molecule has 0 bridgehead atoms. The molecule has 1 aliphatic heterocycles. The average Bonchev–Trinajstić information content (AvgIpc) is 2.31. The lowest BCUT2D eigenvalue weighted by atomic mass is 10.1. The predicted octanol–water partition coefficient (Wildman–Crippen LogP) is 1.65. The van der Waals surface area contributed by atoms with Crippen LogP contribution in [0.3, 0.4) is 0 Å². The second-order valence-corrected chi connectivity index (χ2v) is 4.39. The van der Waals surface area contributed by atoms with Crippen molar-refractivity contribution in [3.8, 4) is 5.75 Å². The molecule has 0 aromatic heterocycles. The van der Waals surface area contributed by atoms with Crippen LogP contribution in [0, 0.1) is 0 Å². The first kappa shape index (κ1) is 11.9. The molecule has 0 atom stereocenters. The van der Waals surface area contributed by atoms with Gasteiger partial charge in [-0.3, -0.25) is 9.59 Å². The highest BCUT2D eigenvalue weighted by atomic mass is 79.9. The third kappa shape index (κ3) is 2.58. The number of hydrogen-bond acceptors (Lipinski definition) is 3. The number of benzene rings is 1. The Labute approximate surface area is 107 Å². The summed E-state index contributed by atoms with van der Waals surface area (Å²) < 4.78 is 5.30. The molecule has 0 unspecified atom stereocenters. The van der Waals surface area contributed by atoms with Crippen molar-refractivity contribution in [2.45, 2.75) is 6.54 Å². The van der Waals surface area contributed by atoms with Gasteiger partial charge in [0.2, 0.25) is 0 Å². The molecule has 1 aromatic rings. The van der Waals surface area contributed by atoms with E-state index in [1.54, 1.807) is 18.0 Å². The minimum Gasteiger partial charge on any atom is -0.482 e. The lowest BCUT2D eigenvalue weighted by Crippen LogP contribution is -2.35. The molecule has 1 aromatic carbocycles. The monoisotopic (exact) mass is 298 g/mol. The highest BCUT2D eigenvalue weighted by molar-refractivity contribution is 9.18. The Bertz CT molecular complexity index is 476. The maximum atomic E-state index is 11.5. The van der Waals surface area contributed by atoms with Crippen molar-refractivity contribution in [2.75, 3.05) is 18.6 Å². The van der Waals surface area contributed by atoms with E-state index in [1.165, 1.54) is 0 Å². The van der Waals surface area contributed by atoms with E-state index in [4.69, 9.17) is 4.74 Å². The highest BCUT2D eigenvalue weighted by Gasteiger charge is 2.22. The lowest BCUT2D eigenvalue weighted by Gasteiger charge is -2.26. The Morgan fingerprint density at radius 3 is 3.06 bits per heavy atom. The maximum Gasteiger partial charge on any atom is 0.287 e. The molecule has 0 spiro atoms. The van der Waals surface area contributed by atoms with Crippen LogP contribution in [0.2, 0.25) is 0 Å². The molecular weight excluding hydrogens is 288 g/mol. The number of nitrogens with zero attached hydrogens (tertiary/aromatic N) is 1. The molecule has 2 rings (SSSR count). The predicted molar refractivity (Wildman–Crippen MR) is 66.5 cm³/mol. The van der Waals surface area contributed by atoms with Crippen LogP contribution in [0.4, 0.5) is 10.5 Å². The number of rotatable bonds is 2. The summed E-state index contributed by atoms with van der Waals surface area (Å²) in [7, 11) is 1.70. The van der Waals surface area contributed by atoms with Gasteiger partial charge in [-0.1, -0.05) is 6.07 Å². The summed E-state index contributed by atoms with van der Waals surface area (Å²) in [6, 6.07) is 5.48. The van der Waals surface area contributed by atoms with E-state index >= 15 is 0 Å². The van der Waals surface area contributed by atoms with Crippen LogP contribution in [0.25, 0.3) is 0 Å². The minimum absolute atomic E-state index is 0.0704. The summed E-state index contributed by atoms with van der Waals surface area (Å²) in [6.45, 7) is 0.473.